The number of aromatic hydroxyl groups is 2. The van der Waals surface area contributed by atoms with Gasteiger partial charge < -0.3 is 20.6 Å². The minimum Gasteiger partial charge on any atom is -0.504 e. The summed E-state index contributed by atoms with van der Waals surface area (Å²) in [5.41, 5.74) is 4.51. The highest BCUT2D eigenvalue weighted by molar-refractivity contribution is 5.80. The van der Waals surface area contributed by atoms with Gasteiger partial charge in [0.1, 0.15) is 0 Å². The Bertz CT molecular complexity index is 1070. The van der Waals surface area contributed by atoms with E-state index in [0.29, 0.717) is 19.3 Å². The number of aliphatic hydroxyl groups is 1. The van der Waals surface area contributed by atoms with Gasteiger partial charge in [0.15, 0.2) is 11.5 Å². The number of rotatable bonds is 6. The van der Waals surface area contributed by atoms with Crippen molar-refractivity contribution in [2.24, 2.45) is 5.92 Å². The topological polar surface area (TPSA) is 85.6 Å². The molecule has 0 radical (unpaired) electrons. The van der Waals surface area contributed by atoms with E-state index in [1.54, 1.807) is 12.1 Å². The van der Waals surface area contributed by atoms with Crippen LogP contribution in [0.3, 0.4) is 0 Å². The zero-order valence-corrected chi connectivity index (χ0v) is 17.7. The third kappa shape index (κ3) is 4.13. The zero-order chi connectivity index (χ0) is 21.3. The van der Waals surface area contributed by atoms with Crippen molar-refractivity contribution in [3.05, 3.63) is 64.8 Å². The van der Waals surface area contributed by atoms with Crippen LogP contribution in [0.2, 0.25) is 0 Å². The SMILES string of the molecule is CNCCC1Cc2nc3ccc(C)cc3cc2CC1(O)CCc1ccc(O)c(O)c1. The van der Waals surface area contributed by atoms with Gasteiger partial charge in [-0.3, -0.25) is 4.98 Å². The van der Waals surface area contributed by atoms with Gasteiger partial charge in [-0.2, -0.15) is 0 Å². The molecule has 4 rings (SSSR count). The molecule has 4 N–H and O–H groups in total. The van der Waals surface area contributed by atoms with Gasteiger partial charge in [0.05, 0.1) is 11.1 Å². The van der Waals surface area contributed by atoms with Crippen LogP contribution in [0.25, 0.3) is 10.9 Å². The van der Waals surface area contributed by atoms with Gasteiger partial charge in [-0.1, -0.05) is 17.7 Å². The number of hydrogen-bond acceptors (Lipinski definition) is 5. The van der Waals surface area contributed by atoms with Crippen LogP contribution in [0.15, 0.2) is 42.5 Å². The number of phenolic OH excluding ortho intramolecular Hbond substituents is 2. The van der Waals surface area contributed by atoms with Crippen LogP contribution in [-0.4, -0.2) is 39.5 Å². The van der Waals surface area contributed by atoms with Crippen LogP contribution >= 0.6 is 0 Å². The molecule has 0 aliphatic heterocycles. The lowest BCUT2D eigenvalue weighted by atomic mass is 9.70. The molecule has 5 nitrogen and oxygen atoms in total. The first-order valence-electron chi connectivity index (χ1n) is 10.6. The molecule has 2 unspecified atom stereocenters. The number of nitrogens with zero attached hydrogens (tertiary/aromatic N) is 1. The van der Waals surface area contributed by atoms with Gasteiger partial charge >= 0.3 is 0 Å². The minimum absolute atomic E-state index is 0.110. The van der Waals surface area contributed by atoms with Gasteiger partial charge in [-0.15, -0.1) is 0 Å². The summed E-state index contributed by atoms with van der Waals surface area (Å²) in [6.45, 7) is 2.92. The molecule has 0 spiro atoms. The molecule has 1 aromatic heterocycles. The van der Waals surface area contributed by atoms with Crippen molar-refractivity contribution in [3.63, 3.8) is 0 Å². The predicted molar refractivity (Wildman–Crippen MR) is 119 cm³/mol. The van der Waals surface area contributed by atoms with E-state index in [4.69, 9.17) is 4.98 Å². The summed E-state index contributed by atoms with van der Waals surface area (Å²) in [5, 5.41) is 35.4. The molecule has 0 saturated carbocycles. The van der Waals surface area contributed by atoms with Gasteiger partial charge in [0.2, 0.25) is 0 Å². The second kappa shape index (κ2) is 8.25. The van der Waals surface area contributed by atoms with Gasteiger partial charge in [0.25, 0.3) is 0 Å². The highest BCUT2D eigenvalue weighted by atomic mass is 16.3. The number of hydrogen-bond donors (Lipinski definition) is 4. The second-order valence-electron chi connectivity index (χ2n) is 8.69. The van der Waals surface area contributed by atoms with Crippen molar-refractivity contribution in [3.8, 4) is 11.5 Å². The third-order valence-corrected chi connectivity index (χ3v) is 6.46. The summed E-state index contributed by atoms with van der Waals surface area (Å²) in [6.07, 6.45) is 3.45. The molecular weight excluding hydrogens is 376 g/mol. The van der Waals surface area contributed by atoms with E-state index in [-0.39, 0.29) is 17.4 Å². The molecule has 0 bridgehead atoms. The molecule has 3 aromatic rings. The lowest BCUT2D eigenvalue weighted by molar-refractivity contribution is -0.0357. The Labute approximate surface area is 177 Å². The number of benzene rings is 2. The van der Waals surface area contributed by atoms with Crippen LogP contribution in [0.1, 0.15) is 35.2 Å². The van der Waals surface area contributed by atoms with Gasteiger partial charge in [0, 0.05) is 17.5 Å². The van der Waals surface area contributed by atoms with E-state index < -0.39 is 5.60 Å². The third-order valence-electron chi connectivity index (χ3n) is 6.46. The largest absolute Gasteiger partial charge is 0.504 e. The Hall–Kier alpha value is -2.63. The first-order chi connectivity index (χ1) is 14.4. The Morgan fingerprint density at radius 3 is 2.70 bits per heavy atom. The molecule has 0 saturated heterocycles. The van der Waals surface area contributed by atoms with Crippen molar-refractivity contribution in [1.29, 1.82) is 0 Å². The fourth-order valence-electron chi connectivity index (χ4n) is 4.67. The van der Waals surface area contributed by atoms with Crippen molar-refractivity contribution >= 4 is 10.9 Å². The number of fused-ring (bicyclic) bond motifs is 2. The fourth-order valence-corrected chi connectivity index (χ4v) is 4.67. The maximum atomic E-state index is 11.7. The van der Waals surface area contributed by atoms with Crippen LogP contribution in [0, 0.1) is 12.8 Å². The Morgan fingerprint density at radius 1 is 1.10 bits per heavy atom. The summed E-state index contributed by atoms with van der Waals surface area (Å²) < 4.78 is 0. The molecule has 1 aliphatic carbocycles. The summed E-state index contributed by atoms with van der Waals surface area (Å²) >= 11 is 0. The number of phenols is 2. The molecule has 2 aromatic carbocycles. The molecule has 2 atom stereocenters. The first kappa shape index (κ1) is 20.6. The van der Waals surface area contributed by atoms with Crippen molar-refractivity contribution in [1.82, 2.24) is 10.3 Å². The van der Waals surface area contributed by atoms with Crippen molar-refractivity contribution in [2.75, 3.05) is 13.6 Å². The Morgan fingerprint density at radius 2 is 1.93 bits per heavy atom. The van der Waals surface area contributed by atoms with Crippen molar-refractivity contribution in [2.45, 2.75) is 44.6 Å². The van der Waals surface area contributed by atoms with E-state index in [1.165, 1.54) is 11.6 Å². The molecule has 158 valence electrons. The number of aromatic nitrogens is 1. The smallest absolute Gasteiger partial charge is 0.157 e. The summed E-state index contributed by atoms with van der Waals surface area (Å²) in [7, 11) is 1.93. The Kier molecular flexibility index (Phi) is 5.67. The van der Waals surface area contributed by atoms with E-state index in [1.807, 2.05) is 7.05 Å². The zero-order valence-electron chi connectivity index (χ0n) is 17.7. The lowest BCUT2D eigenvalue weighted by Gasteiger charge is -2.41. The van der Waals surface area contributed by atoms with E-state index in [2.05, 4.69) is 36.5 Å². The highest BCUT2D eigenvalue weighted by Gasteiger charge is 2.41. The van der Waals surface area contributed by atoms with Crippen LogP contribution in [0.5, 0.6) is 11.5 Å². The van der Waals surface area contributed by atoms with Crippen molar-refractivity contribution < 1.29 is 15.3 Å². The molecule has 0 fully saturated rings. The fraction of sp³-hybridized carbons (Fsp3) is 0.400. The first-order valence-corrected chi connectivity index (χ1v) is 10.6. The molecule has 1 aliphatic rings. The molecular formula is C25H30N2O3. The number of nitrogens with one attached hydrogen (secondary N) is 1. The maximum absolute atomic E-state index is 11.7. The van der Waals surface area contributed by atoms with Gasteiger partial charge in [-0.05, 0) is 93.6 Å². The number of aryl methyl sites for hydroxylation is 2. The normalized spacial score (nSPS) is 21.0. The highest BCUT2D eigenvalue weighted by Crippen LogP contribution is 2.39. The average Bonchev–Trinajstić information content (AvgIpc) is 2.72. The molecule has 1 heterocycles. The maximum Gasteiger partial charge on any atom is 0.157 e. The quantitative estimate of drug-likeness (QED) is 0.470. The summed E-state index contributed by atoms with van der Waals surface area (Å²) in [6, 6.07) is 13.4. The second-order valence-corrected chi connectivity index (χ2v) is 8.69. The number of pyridine rings is 1. The van der Waals surface area contributed by atoms with E-state index >= 15 is 0 Å². The minimum atomic E-state index is -0.837. The predicted octanol–water partition coefficient (Wildman–Crippen LogP) is 3.64. The van der Waals surface area contributed by atoms with Crippen LogP contribution in [0.4, 0.5) is 0 Å². The molecule has 5 heteroatoms. The monoisotopic (exact) mass is 406 g/mol. The standard InChI is InChI=1S/C25H30N2O3/c1-16-3-5-21-18(11-16)13-19-15-25(30,20(8-10-26-2)14-22(19)27-21)9-7-17-4-6-23(28)24(29)12-17/h3-6,11-13,20,26,28-30H,7-10,14-15H2,1-2H3. The average molecular weight is 407 g/mol. The van der Waals surface area contributed by atoms with Crippen LogP contribution in [-0.2, 0) is 19.3 Å². The van der Waals surface area contributed by atoms with E-state index in [9.17, 15) is 15.3 Å². The van der Waals surface area contributed by atoms with E-state index in [0.717, 1.165) is 47.1 Å². The van der Waals surface area contributed by atoms with Crippen LogP contribution < -0.4 is 5.32 Å². The molecule has 30 heavy (non-hydrogen) atoms. The molecule has 0 amide bonds. The summed E-state index contributed by atoms with van der Waals surface area (Å²) in [5.74, 6) is -0.131. The Balaban J connectivity index is 1.63. The van der Waals surface area contributed by atoms with Gasteiger partial charge in [-0.25, -0.2) is 0 Å². The lowest BCUT2D eigenvalue weighted by Crippen LogP contribution is -2.46. The summed E-state index contributed by atoms with van der Waals surface area (Å²) in [4.78, 5) is 4.93.